The Kier molecular flexibility index (Phi) is 6.75. The number of methoxy groups -OCH3 is 1. The molecule has 1 aliphatic carbocycles. The largest absolute Gasteiger partial charge is 0.497 e. The van der Waals surface area contributed by atoms with Crippen molar-refractivity contribution in [1.82, 2.24) is 24.8 Å². The number of imidazole rings is 1. The predicted octanol–water partition coefficient (Wildman–Crippen LogP) is 1.04. The van der Waals surface area contributed by atoms with E-state index in [0.717, 1.165) is 30.0 Å². The second-order valence-corrected chi connectivity index (χ2v) is 8.68. The van der Waals surface area contributed by atoms with Crippen LogP contribution in [0.15, 0.2) is 36.9 Å². The topological polar surface area (TPSA) is 131 Å². The molecule has 1 aliphatic rings. The first-order chi connectivity index (χ1) is 15.9. The third-order valence-corrected chi connectivity index (χ3v) is 6.22. The number of amides is 1. The number of hydrogen-bond acceptors (Lipinski definition) is 8. The monoisotopic (exact) mass is 453 g/mol. The number of aliphatic hydroxyl groups excluding tert-OH is 1. The van der Waals surface area contributed by atoms with E-state index < -0.39 is 18.2 Å². The van der Waals surface area contributed by atoms with Gasteiger partial charge in [0, 0.05) is 14.1 Å². The van der Waals surface area contributed by atoms with Gasteiger partial charge < -0.3 is 30.4 Å². The fourth-order valence-corrected chi connectivity index (χ4v) is 4.43. The van der Waals surface area contributed by atoms with Gasteiger partial charge in [-0.1, -0.05) is 12.1 Å². The van der Waals surface area contributed by atoms with Crippen LogP contribution >= 0.6 is 0 Å². The molecular weight excluding hydrogens is 422 g/mol. The number of ether oxygens (including phenoxy) is 1. The highest BCUT2D eigenvalue weighted by Crippen LogP contribution is 2.32. The number of carbonyl (C=O) groups is 1. The van der Waals surface area contributed by atoms with Crippen LogP contribution in [0.3, 0.4) is 0 Å². The highest BCUT2D eigenvalue weighted by atomic mass is 16.5. The summed E-state index contributed by atoms with van der Waals surface area (Å²) in [4.78, 5) is 27.9. The number of nitrogens with two attached hydrogens (primary N) is 1. The number of anilines is 1. The number of carbonyl (C=O) groups excluding carboxylic acids is 1. The van der Waals surface area contributed by atoms with Crippen molar-refractivity contribution < 1.29 is 14.6 Å². The number of nitrogens with one attached hydrogen (secondary N) is 1. The molecule has 4 N–H and O–H groups in total. The quantitative estimate of drug-likeness (QED) is 0.484. The standard InChI is InChI=1S/C23H31N7O3/c1-29(2)21-19-22(26-12-25-21)30(13-27-19)18-6-4-5-17(20(18)31)28-23(32)16(24)11-14-7-9-15(33-3)10-8-14/h7-10,12-13,16-18,20,31H,4-6,11,24H2,1-3H3,(H,28,32)/t16-,17-,18+,20+/m0/s1. The molecular formula is C23H31N7O3. The maximum absolute atomic E-state index is 12.8. The van der Waals surface area contributed by atoms with Gasteiger partial charge in [-0.2, -0.15) is 0 Å². The summed E-state index contributed by atoms with van der Waals surface area (Å²) in [6.45, 7) is 0. The van der Waals surface area contributed by atoms with Crippen molar-refractivity contribution >= 4 is 22.9 Å². The molecule has 4 rings (SSSR count). The Labute approximate surface area is 192 Å². The summed E-state index contributed by atoms with van der Waals surface area (Å²) in [5.41, 5.74) is 8.47. The first kappa shape index (κ1) is 22.9. The van der Waals surface area contributed by atoms with Crippen molar-refractivity contribution in [2.24, 2.45) is 5.73 Å². The minimum atomic E-state index is -0.786. The third kappa shape index (κ3) is 4.76. The average molecular weight is 454 g/mol. The lowest BCUT2D eigenvalue weighted by Gasteiger charge is -2.36. The Balaban J connectivity index is 1.45. The van der Waals surface area contributed by atoms with E-state index in [9.17, 15) is 9.90 Å². The van der Waals surface area contributed by atoms with Gasteiger partial charge in [0.1, 0.15) is 12.1 Å². The highest BCUT2D eigenvalue weighted by Gasteiger charge is 2.35. The average Bonchev–Trinajstić information content (AvgIpc) is 3.24. The summed E-state index contributed by atoms with van der Waals surface area (Å²) >= 11 is 0. The molecule has 3 aromatic rings. The Morgan fingerprint density at radius 1 is 1.27 bits per heavy atom. The zero-order valence-corrected chi connectivity index (χ0v) is 19.2. The van der Waals surface area contributed by atoms with E-state index in [1.165, 1.54) is 6.33 Å². The number of aromatic nitrogens is 4. The number of fused-ring (bicyclic) bond motifs is 1. The van der Waals surface area contributed by atoms with Crippen molar-refractivity contribution in [1.29, 1.82) is 0 Å². The van der Waals surface area contributed by atoms with Crippen LogP contribution in [0.1, 0.15) is 30.9 Å². The van der Waals surface area contributed by atoms with E-state index in [1.54, 1.807) is 13.4 Å². The van der Waals surface area contributed by atoms with Crippen LogP contribution in [0.5, 0.6) is 5.75 Å². The Morgan fingerprint density at radius 2 is 2.03 bits per heavy atom. The fraction of sp³-hybridized carbons (Fsp3) is 0.478. The number of rotatable bonds is 7. The van der Waals surface area contributed by atoms with Crippen LogP contribution < -0.4 is 20.7 Å². The maximum atomic E-state index is 12.8. The predicted molar refractivity (Wildman–Crippen MR) is 125 cm³/mol. The van der Waals surface area contributed by atoms with Crippen LogP contribution in [-0.2, 0) is 11.2 Å². The van der Waals surface area contributed by atoms with Gasteiger partial charge in [-0.3, -0.25) is 4.79 Å². The first-order valence-electron chi connectivity index (χ1n) is 11.1. The molecule has 10 heteroatoms. The zero-order chi connectivity index (χ0) is 23.5. The van der Waals surface area contributed by atoms with E-state index in [0.29, 0.717) is 24.0 Å². The summed E-state index contributed by atoms with van der Waals surface area (Å²) in [7, 11) is 5.41. The zero-order valence-electron chi connectivity index (χ0n) is 19.2. The minimum absolute atomic E-state index is 0.253. The second-order valence-electron chi connectivity index (χ2n) is 8.68. The van der Waals surface area contributed by atoms with Crippen molar-refractivity contribution in [3.8, 4) is 5.75 Å². The molecule has 0 spiro atoms. The molecule has 33 heavy (non-hydrogen) atoms. The van der Waals surface area contributed by atoms with Gasteiger partial charge >= 0.3 is 0 Å². The van der Waals surface area contributed by atoms with E-state index >= 15 is 0 Å². The lowest BCUT2D eigenvalue weighted by molar-refractivity contribution is -0.124. The van der Waals surface area contributed by atoms with Crippen LogP contribution in [0.4, 0.5) is 5.82 Å². The molecule has 1 fully saturated rings. The van der Waals surface area contributed by atoms with Crippen molar-refractivity contribution in [3.05, 3.63) is 42.5 Å². The third-order valence-electron chi connectivity index (χ3n) is 6.22. The van der Waals surface area contributed by atoms with Crippen LogP contribution in [0.2, 0.25) is 0 Å². The van der Waals surface area contributed by atoms with Crippen molar-refractivity contribution in [2.45, 2.75) is 49.9 Å². The molecule has 0 bridgehead atoms. The molecule has 0 saturated heterocycles. The summed E-state index contributed by atoms with van der Waals surface area (Å²) in [6, 6.07) is 6.11. The Morgan fingerprint density at radius 3 is 2.73 bits per heavy atom. The number of aliphatic hydroxyl groups is 1. The maximum Gasteiger partial charge on any atom is 0.237 e. The molecule has 4 atom stereocenters. The van der Waals surface area contributed by atoms with Gasteiger partial charge in [-0.25, -0.2) is 15.0 Å². The number of nitrogens with zero attached hydrogens (tertiary/aromatic N) is 5. The summed E-state index contributed by atoms with van der Waals surface area (Å²) < 4.78 is 7.06. The van der Waals surface area contributed by atoms with Gasteiger partial charge in [0.05, 0.1) is 37.7 Å². The first-order valence-corrected chi connectivity index (χ1v) is 11.1. The van der Waals surface area contributed by atoms with Gasteiger partial charge in [0.2, 0.25) is 5.91 Å². The molecule has 0 radical (unpaired) electrons. The van der Waals surface area contributed by atoms with Gasteiger partial charge in [-0.15, -0.1) is 0 Å². The lowest BCUT2D eigenvalue weighted by Crippen LogP contribution is -2.53. The van der Waals surface area contributed by atoms with Crippen LogP contribution in [0, 0.1) is 0 Å². The Bertz CT molecular complexity index is 1100. The fourth-order valence-electron chi connectivity index (χ4n) is 4.43. The summed E-state index contributed by atoms with van der Waals surface area (Å²) in [6.07, 6.45) is 5.11. The van der Waals surface area contributed by atoms with Crippen molar-refractivity contribution in [3.63, 3.8) is 0 Å². The molecule has 1 amide bonds. The second kappa shape index (κ2) is 9.72. The van der Waals surface area contributed by atoms with Crippen molar-refractivity contribution in [2.75, 3.05) is 26.1 Å². The van der Waals surface area contributed by atoms with E-state index in [-0.39, 0.29) is 11.9 Å². The molecule has 2 heterocycles. The van der Waals surface area contributed by atoms with Gasteiger partial charge in [0.25, 0.3) is 0 Å². The van der Waals surface area contributed by atoms with Gasteiger partial charge in [-0.05, 0) is 43.4 Å². The van der Waals surface area contributed by atoms with E-state index in [1.807, 2.05) is 47.8 Å². The number of benzene rings is 1. The number of hydrogen-bond donors (Lipinski definition) is 3. The molecule has 0 unspecified atom stereocenters. The normalized spacial score (nSPS) is 21.5. The molecule has 176 valence electrons. The van der Waals surface area contributed by atoms with E-state index in [2.05, 4.69) is 20.3 Å². The molecule has 1 aromatic carbocycles. The molecule has 1 saturated carbocycles. The van der Waals surface area contributed by atoms with E-state index in [4.69, 9.17) is 10.5 Å². The molecule has 10 nitrogen and oxygen atoms in total. The SMILES string of the molecule is COc1ccc(C[C@H](N)C(=O)N[C@H]2CCC[C@@H](n3cnc4c(N(C)C)ncnc43)[C@@H]2O)cc1. The smallest absolute Gasteiger partial charge is 0.237 e. The molecule has 2 aromatic heterocycles. The van der Waals surface area contributed by atoms with Gasteiger partial charge in [0.15, 0.2) is 17.0 Å². The minimum Gasteiger partial charge on any atom is -0.497 e. The molecule has 0 aliphatic heterocycles. The van der Waals surface area contributed by atoms with Crippen LogP contribution in [0.25, 0.3) is 11.2 Å². The summed E-state index contributed by atoms with van der Waals surface area (Å²) in [5.74, 6) is 1.20. The highest BCUT2D eigenvalue weighted by molar-refractivity contribution is 5.83. The Hall–Kier alpha value is -3.24. The van der Waals surface area contributed by atoms with Crippen LogP contribution in [-0.4, -0.2) is 69.9 Å². The lowest BCUT2D eigenvalue weighted by atomic mass is 9.87. The summed E-state index contributed by atoms with van der Waals surface area (Å²) in [5, 5.41) is 14.1.